The number of nitrogens with zero attached hydrogens (tertiary/aromatic N) is 4. The van der Waals surface area contributed by atoms with Gasteiger partial charge < -0.3 is 4.57 Å². The molecule has 4 aromatic rings. The van der Waals surface area contributed by atoms with Crippen molar-refractivity contribution < 1.29 is 0 Å². The number of fused-ring (bicyclic) bond motifs is 2. The van der Waals surface area contributed by atoms with Gasteiger partial charge in [0.25, 0.3) is 5.56 Å². The number of hydrogen-bond acceptors (Lipinski definition) is 4. The second-order valence-electron chi connectivity index (χ2n) is 5.15. The molecule has 22 heavy (non-hydrogen) atoms. The van der Waals surface area contributed by atoms with Crippen LogP contribution in [0.15, 0.2) is 35.3 Å². The fourth-order valence-corrected chi connectivity index (χ4v) is 3.71. The maximum atomic E-state index is 12.0. The lowest BCUT2D eigenvalue weighted by atomic mass is 10.2. The summed E-state index contributed by atoms with van der Waals surface area (Å²) in [6.07, 6.45) is 2.00. The summed E-state index contributed by atoms with van der Waals surface area (Å²) in [5.41, 5.74) is 2.55. The molecule has 1 aromatic carbocycles. The van der Waals surface area contributed by atoms with E-state index in [0.717, 1.165) is 21.5 Å². The number of aryl methyl sites for hydroxylation is 2. The zero-order chi connectivity index (χ0) is 15.4. The molecule has 3 aromatic heterocycles. The highest BCUT2D eigenvalue weighted by molar-refractivity contribution is 7.19. The number of aromatic nitrogens is 4. The molecular weight excluding hydrogens is 320 g/mol. The van der Waals surface area contributed by atoms with Crippen LogP contribution in [0.2, 0.25) is 5.02 Å². The highest BCUT2D eigenvalue weighted by atomic mass is 35.5. The molecule has 0 aliphatic carbocycles. The van der Waals surface area contributed by atoms with Gasteiger partial charge in [-0.15, -0.1) is 0 Å². The van der Waals surface area contributed by atoms with Crippen molar-refractivity contribution in [1.82, 2.24) is 19.2 Å². The quantitative estimate of drug-likeness (QED) is 0.538. The zero-order valence-corrected chi connectivity index (χ0v) is 13.4. The first kappa shape index (κ1) is 13.5. The first-order valence-electron chi connectivity index (χ1n) is 6.65. The minimum atomic E-state index is -0.164. The molecule has 0 fully saturated rings. The lowest BCUT2D eigenvalue weighted by Gasteiger charge is -1.96. The van der Waals surface area contributed by atoms with Crippen molar-refractivity contribution in [3.05, 3.63) is 51.5 Å². The van der Waals surface area contributed by atoms with Gasteiger partial charge in [0.1, 0.15) is 5.01 Å². The third-order valence-corrected chi connectivity index (χ3v) is 4.73. The third kappa shape index (κ3) is 1.95. The predicted molar refractivity (Wildman–Crippen MR) is 88.8 cm³/mol. The van der Waals surface area contributed by atoms with E-state index in [2.05, 4.69) is 10.1 Å². The molecule has 0 radical (unpaired) electrons. The van der Waals surface area contributed by atoms with Crippen LogP contribution in [0, 0.1) is 6.92 Å². The molecule has 5 nitrogen and oxygen atoms in total. The van der Waals surface area contributed by atoms with Crippen molar-refractivity contribution in [3.63, 3.8) is 0 Å². The summed E-state index contributed by atoms with van der Waals surface area (Å²) in [5, 5.41) is 6.86. The largest absolute Gasteiger partial charge is 0.350 e. The fraction of sp³-hybridized carbons (Fsp3) is 0.133. The molecular formula is C15H11ClN4OS. The van der Waals surface area contributed by atoms with Crippen molar-refractivity contribution in [2.24, 2.45) is 7.05 Å². The van der Waals surface area contributed by atoms with Gasteiger partial charge in [-0.2, -0.15) is 9.61 Å². The maximum absolute atomic E-state index is 12.0. The van der Waals surface area contributed by atoms with E-state index in [4.69, 9.17) is 11.6 Å². The monoisotopic (exact) mass is 330 g/mol. The molecule has 0 saturated carbocycles. The van der Waals surface area contributed by atoms with Crippen LogP contribution in [0.3, 0.4) is 0 Å². The lowest BCUT2D eigenvalue weighted by molar-refractivity contribution is 0.893. The van der Waals surface area contributed by atoms with Crippen molar-refractivity contribution in [1.29, 1.82) is 0 Å². The van der Waals surface area contributed by atoms with E-state index in [-0.39, 0.29) is 5.56 Å². The Kier molecular flexibility index (Phi) is 2.85. The van der Waals surface area contributed by atoms with Crippen LogP contribution in [-0.2, 0) is 7.05 Å². The number of halogens is 1. The Hall–Kier alpha value is -2.18. The smallest absolute Gasteiger partial charge is 0.275 e. The van der Waals surface area contributed by atoms with E-state index in [0.29, 0.717) is 15.7 Å². The van der Waals surface area contributed by atoms with Gasteiger partial charge in [-0.1, -0.05) is 22.9 Å². The van der Waals surface area contributed by atoms with Crippen LogP contribution in [0.1, 0.15) is 5.69 Å². The van der Waals surface area contributed by atoms with E-state index in [1.54, 1.807) is 6.92 Å². The van der Waals surface area contributed by atoms with Crippen molar-refractivity contribution in [3.8, 4) is 10.6 Å². The molecule has 110 valence electrons. The van der Waals surface area contributed by atoms with Gasteiger partial charge in [0.05, 0.1) is 0 Å². The number of hydrogen-bond donors (Lipinski definition) is 0. The van der Waals surface area contributed by atoms with E-state index in [1.807, 2.05) is 36.0 Å². The van der Waals surface area contributed by atoms with Crippen molar-refractivity contribution >= 4 is 38.8 Å². The molecule has 3 heterocycles. The highest BCUT2D eigenvalue weighted by Crippen LogP contribution is 2.33. The van der Waals surface area contributed by atoms with Gasteiger partial charge in [-0.25, -0.2) is 4.98 Å². The normalized spacial score (nSPS) is 11.6. The van der Waals surface area contributed by atoms with Crippen LogP contribution in [0.5, 0.6) is 0 Å². The second kappa shape index (κ2) is 4.66. The van der Waals surface area contributed by atoms with Crippen LogP contribution in [0.25, 0.3) is 26.4 Å². The molecule has 0 atom stereocenters. The molecule has 0 unspecified atom stereocenters. The molecule has 0 aliphatic heterocycles. The Morgan fingerprint density at radius 2 is 2.09 bits per heavy atom. The Bertz CT molecular complexity index is 1090. The summed E-state index contributed by atoms with van der Waals surface area (Å²) in [6.45, 7) is 1.80. The average molecular weight is 331 g/mol. The molecule has 0 spiro atoms. The average Bonchev–Trinajstić information content (AvgIpc) is 3.00. The lowest BCUT2D eigenvalue weighted by Crippen LogP contribution is -2.14. The molecule has 0 amide bonds. The van der Waals surface area contributed by atoms with Gasteiger partial charge in [-0.3, -0.25) is 4.79 Å². The minimum absolute atomic E-state index is 0.164. The van der Waals surface area contributed by atoms with Gasteiger partial charge in [0, 0.05) is 46.5 Å². The summed E-state index contributed by atoms with van der Waals surface area (Å²) >= 11 is 7.52. The van der Waals surface area contributed by atoms with Crippen LogP contribution in [0.4, 0.5) is 0 Å². The second-order valence-corrected chi connectivity index (χ2v) is 6.54. The topological polar surface area (TPSA) is 52.2 Å². The Morgan fingerprint density at radius 1 is 1.27 bits per heavy atom. The van der Waals surface area contributed by atoms with Crippen molar-refractivity contribution in [2.45, 2.75) is 6.92 Å². The maximum Gasteiger partial charge on any atom is 0.275 e. The molecule has 4 rings (SSSR count). The van der Waals surface area contributed by atoms with E-state index >= 15 is 0 Å². The third-order valence-electron chi connectivity index (χ3n) is 3.56. The fourth-order valence-electron chi connectivity index (χ4n) is 2.56. The number of benzene rings is 1. The van der Waals surface area contributed by atoms with E-state index < -0.39 is 0 Å². The molecule has 0 saturated heterocycles. The summed E-state index contributed by atoms with van der Waals surface area (Å²) in [7, 11) is 1.97. The van der Waals surface area contributed by atoms with Gasteiger partial charge in [-0.05, 0) is 25.1 Å². The van der Waals surface area contributed by atoms with Crippen molar-refractivity contribution in [2.75, 3.05) is 0 Å². The molecule has 7 heteroatoms. The summed E-state index contributed by atoms with van der Waals surface area (Å²) in [6, 6.07) is 7.24. The molecule has 0 N–H and O–H groups in total. The standard InChI is InChI=1S/C15H11ClN4OS/c1-8-5-13(21)20-15(17-8)22-14(18-20)11-7-19(2)12-4-3-9(16)6-10(11)12/h3-7H,1-2H3. The van der Waals surface area contributed by atoms with Crippen LogP contribution < -0.4 is 5.56 Å². The summed E-state index contributed by atoms with van der Waals surface area (Å²) in [4.78, 5) is 17.0. The molecule has 0 aliphatic rings. The highest BCUT2D eigenvalue weighted by Gasteiger charge is 2.15. The first-order valence-corrected chi connectivity index (χ1v) is 7.85. The summed E-state index contributed by atoms with van der Waals surface area (Å²) in [5.74, 6) is 0. The SMILES string of the molecule is Cc1cc(=O)n2nc(-c3cn(C)c4ccc(Cl)cc34)sc2n1. The Labute approximate surface area is 134 Å². The zero-order valence-electron chi connectivity index (χ0n) is 11.9. The Balaban J connectivity index is 2.05. The van der Waals surface area contributed by atoms with Crippen LogP contribution >= 0.6 is 22.9 Å². The Morgan fingerprint density at radius 3 is 2.91 bits per heavy atom. The van der Waals surface area contributed by atoms with E-state index in [9.17, 15) is 4.79 Å². The van der Waals surface area contributed by atoms with E-state index in [1.165, 1.54) is 21.9 Å². The number of rotatable bonds is 1. The molecule has 0 bridgehead atoms. The minimum Gasteiger partial charge on any atom is -0.350 e. The van der Waals surface area contributed by atoms with Gasteiger partial charge >= 0.3 is 0 Å². The van der Waals surface area contributed by atoms with Gasteiger partial charge in [0.15, 0.2) is 0 Å². The van der Waals surface area contributed by atoms with Gasteiger partial charge in [0.2, 0.25) is 4.96 Å². The predicted octanol–water partition coefficient (Wildman–Crippen LogP) is 3.27. The first-order chi connectivity index (χ1) is 10.5. The van der Waals surface area contributed by atoms with Crippen LogP contribution in [-0.4, -0.2) is 19.2 Å². The summed E-state index contributed by atoms with van der Waals surface area (Å²) < 4.78 is 3.37.